The number of pyridine rings is 2. The minimum atomic E-state index is -0.767. The Kier molecular flexibility index (Phi) is 6.22. The number of likely N-dealkylation sites (tertiary alicyclic amines) is 1. The number of amides is 1. The molecule has 0 saturated carbocycles. The topological polar surface area (TPSA) is 92.6 Å². The molecule has 1 aliphatic rings. The smallest absolute Gasteiger partial charge is 0.295 e. The van der Waals surface area contributed by atoms with E-state index < -0.39 is 17.7 Å². The van der Waals surface area contributed by atoms with Gasteiger partial charge in [0.05, 0.1) is 18.7 Å². The molecule has 4 rings (SSSR count). The van der Waals surface area contributed by atoms with Crippen molar-refractivity contribution in [2.24, 2.45) is 0 Å². The van der Waals surface area contributed by atoms with Crippen molar-refractivity contribution >= 4 is 17.4 Å². The predicted octanol–water partition coefficient (Wildman–Crippen LogP) is 4.23. The SMILES string of the molecule is COc1ccc(/C(O)=C2/C(=O)C(=O)N(Cc3ccncc3)C2c2cccnc2)cc1C(C)C. The van der Waals surface area contributed by atoms with E-state index in [0.717, 1.165) is 11.1 Å². The number of hydrogen-bond acceptors (Lipinski definition) is 6. The minimum Gasteiger partial charge on any atom is -0.507 e. The molecule has 0 bridgehead atoms. The van der Waals surface area contributed by atoms with Crippen LogP contribution in [0.15, 0.2) is 72.8 Å². The lowest BCUT2D eigenvalue weighted by molar-refractivity contribution is -0.140. The molecule has 1 N–H and O–H groups in total. The highest BCUT2D eigenvalue weighted by atomic mass is 16.5. The van der Waals surface area contributed by atoms with Crippen LogP contribution in [-0.2, 0) is 16.1 Å². The van der Waals surface area contributed by atoms with Crippen molar-refractivity contribution in [3.8, 4) is 5.75 Å². The van der Waals surface area contributed by atoms with Crippen LogP contribution in [0.1, 0.15) is 48.1 Å². The summed E-state index contributed by atoms with van der Waals surface area (Å²) in [4.78, 5) is 35.9. The summed E-state index contributed by atoms with van der Waals surface area (Å²) in [6.07, 6.45) is 6.50. The fourth-order valence-electron chi connectivity index (χ4n) is 4.10. The van der Waals surface area contributed by atoms with E-state index in [1.807, 2.05) is 13.8 Å². The molecule has 1 saturated heterocycles. The molecular weight excluding hydrogens is 418 g/mol. The maximum atomic E-state index is 13.2. The average molecular weight is 444 g/mol. The predicted molar refractivity (Wildman–Crippen MR) is 123 cm³/mol. The van der Waals surface area contributed by atoms with Gasteiger partial charge >= 0.3 is 0 Å². The summed E-state index contributed by atoms with van der Waals surface area (Å²) in [5.41, 5.74) is 2.86. The van der Waals surface area contributed by atoms with Gasteiger partial charge in [0, 0.05) is 36.9 Å². The fourth-order valence-corrected chi connectivity index (χ4v) is 4.10. The lowest BCUT2D eigenvalue weighted by atomic mass is 9.93. The number of Topliss-reactive ketones (excluding diaryl/α,β-unsaturated/α-hetero) is 1. The van der Waals surface area contributed by atoms with Gasteiger partial charge < -0.3 is 14.7 Å². The molecule has 7 nitrogen and oxygen atoms in total. The van der Waals surface area contributed by atoms with E-state index in [1.54, 1.807) is 74.4 Å². The number of ether oxygens (including phenoxy) is 1. The van der Waals surface area contributed by atoms with Crippen LogP contribution in [0.3, 0.4) is 0 Å². The molecule has 1 fully saturated rings. The van der Waals surface area contributed by atoms with Gasteiger partial charge in [0.15, 0.2) is 0 Å². The first-order valence-corrected chi connectivity index (χ1v) is 10.7. The zero-order valence-electron chi connectivity index (χ0n) is 18.7. The van der Waals surface area contributed by atoms with Gasteiger partial charge in [0.2, 0.25) is 0 Å². The summed E-state index contributed by atoms with van der Waals surface area (Å²) >= 11 is 0. The van der Waals surface area contributed by atoms with E-state index in [2.05, 4.69) is 9.97 Å². The molecule has 0 radical (unpaired) electrons. The van der Waals surface area contributed by atoms with E-state index in [4.69, 9.17) is 4.74 Å². The van der Waals surface area contributed by atoms with Crippen LogP contribution in [0.2, 0.25) is 0 Å². The van der Waals surface area contributed by atoms with Crippen molar-refractivity contribution < 1.29 is 19.4 Å². The number of aromatic nitrogens is 2. The summed E-state index contributed by atoms with van der Waals surface area (Å²) in [5, 5.41) is 11.3. The Labute approximate surface area is 192 Å². The molecule has 3 heterocycles. The number of aliphatic hydroxyl groups is 1. The van der Waals surface area contributed by atoms with E-state index in [-0.39, 0.29) is 23.8 Å². The van der Waals surface area contributed by atoms with Crippen molar-refractivity contribution in [3.63, 3.8) is 0 Å². The Balaban J connectivity index is 1.86. The van der Waals surface area contributed by atoms with Gasteiger partial charge in [-0.05, 0) is 59.0 Å². The fraction of sp³-hybridized carbons (Fsp3) is 0.231. The Hall–Kier alpha value is -4.00. The summed E-state index contributed by atoms with van der Waals surface area (Å²) in [6.45, 7) is 4.24. The van der Waals surface area contributed by atoms with Crippen LogP contribution >= 0.6 is 0 Å². The third kappa shape index (κ3) is 4.22. The number of methoxy groups -OCH3 is 1. The van der Waals surface area contributed by atoms with Gasteiger partial charge in [0.25, 0.3) is 11.7 Å². The van der Waals surface area contributed by atoms with Crippen molar-refractivity contribution in [3.05, 3.63) is 95.1 Å². The number of aliphatic hydroxyl groups excluding tert-OH is 1. The first-order valence-electron chi connectivity index (χ1n) is 10.7. The van der Waals surface area contributed by atoms with Gasteiger partial charge in [-0.25, -0.2) is 0 Å². The van der Waals surface area contributed by atoms with Crippen LogP contribution in [0.5, 0.6) is 5.75 Å². The summed E-state index contributed by atoms with van der Waals surface area (Å²) in [6, 6.07) is 11.6. The van der Waals surface area contributed by atoms with Crippen molar-refractivity contribution in [1.29, 1.82) is 0 Å². The largest absolute Gasteiger partial charge is 0.507 e. The standard InChI is InChI=1S/C26H25N3O4/c1-16(2)20-13-18(6-7-21(20)33-3)24(30)22-23(19-5-4-10-28-14-19)29(26(32)25(22)31)15-17-8-11-27-12-9-17/h4-14,16,23,30H,15H2,1-3H3/b24-22-. The molecule has 3 aromatic rings. The van der Waals surface area contributed by atoms with Crippen LogP contribution < -0.4 is 4.74 Å². The van der Waals surface area contributed by atoms with E-state index in [1.165, 1.54) is 4.90 Å². The highest BCUT2D eigenvalue weighted by Gasteiger charge is 2.46. The normalized spacial score (nSPS) is 17.6. The van der Waals surface area contributed by atoms with Gasteiger partial charge in [-0.1, -0.05) is 19.9 Å². The number of rotatable bonds is 6. The van der Waals surface area contributed by atoms with Crippen molar-refractivity contribution in [2.45, 2.75) is 32.4 Å². The van der Waals surface area contributed by atoms with Gasteiger partial charge in [-0.15, -0.1) is 0 Å². The summed E-state index contributed by atoms with van der Waals surface area (Å²) in [5.74, 6) is -0.777. The van der Waals surface area contributed by atoms with Gasteiger partial charge in [0.1, 0.15) is 11.5 Å². The van der Waals surface area contributed by atoms with Crippen molar-refractivity contribution in [1.82, 2.24) is 14.9 Å². The molecule has 168 valence electrons. The maximum absolute atomic E-state index is 13.2. The number of carbonyl (C=O) groups excluding carboxylic acids is 2. The number of ketones is 1. The highest BCUT2D eigenvalue weighted by molar-refractivity contribution is 6.46. The van der Waals surface area contributed by atoms with E-state index in [0.29, 0.717) is 16.9 Å². The van der Waals surface area contributed by atoms with Gasteiger partial charge in [-0.2, -0.15) is 0 Å². The summed E-state index contributed by atoms with van der Waals surface area (Å²) < 4.78 is 5.44. The quantitative estimate of drug-likeness (QED) is 0.348. The maximum Gasteiger partial charge on any atom is 0.295 e. The van der Waals surface area contributed by atoms with Gasteiger partial charge in [-0.3, -0.25) is 19.6 Å². The third-order valence-corrected chi connectivity index (χ3v) is 5.77. The monoisotopic (exact) mass is 443 g/mol. The number of nitrogens with zero attached hydrogens (tertiary/aromatic N) is 3. The second-order valence-corrected chi connectivity index (χ2v) is 8.18. The average Bonchev–Trinajstić information content (AvgIpc) is 3.09. The second kappa shape index (κ2) is 9.24. The van der Waals surface area contributed by atoms with Crippen LogP contribution in [0, 0.1) is 0 Å². The Morgan fingerprint density at radius 2 is 1.85 bits per heavy atom. The molecule has 0 spiro atoms. The van der Waals surface area contributed by atoms with Crippen molar-refractivity contribution in [2.75, 3.05) is 7.11 Å². The molecular formula is C26H25N3O4. The molecule has 0 aliphatic carbocycles. The lowest BCUT2D eigenvalue weighted by Crippen LogP contribution is -2.29. The first-order chi connectivity index (χ1) is 15.9. The molecule has 1 aromatic carbocycles. The van der Waals surface area contributed by atoms with E-state index in [9.17, 15) is 14.7 Å². The molecule has 33 heavy (non-hydrogen) atoms. The molecule has 7 heteroatoms. The Bertz CT molecular complexity index is 1210. The van der Waals surface area contributed by atoms with E-state index >= 15 is 0 Å². The minimum absolute atomic E-state index is 0.0435. The lowest BCUT2D eigenvalue weighted by Gasteiger charge is -2.25. The zero-order valence-corrected chi connectivity index (χ0v) is 18.7. The number of benzene rings is 1. The Morgan fingerprint density at radius 3 is 2.48 bits per heavy atom. The Morgan fingerprint density at radius 1 is 1.09 bits per heavy atom. The second-order valence-electron chi connectivity index (χ2n) is 8.18. The molecule has 1 unspecified atom stereocenters. The molecule has 2 aromatic heterocycles. The third-order valence-electron chi connectivity index (χ3n) is 5.77. The highest BCUT2D eigenvalue weighted by Crippen LogP contribution is 2.40. The molecule has 1 atom stereocenters. The van der Waals surface area contributed by atoms with Crippen LogP contribution in [-0.4, -0.2) is 38.8 Å². The van der Waals surface area contributed by atoms with Crippen LogP contribution in [0.25, 0.3) is 5.76 Å². The first kappa shape index (κ1) is 22.2. The van der Waals surface area contributed by atoms with Crippen LogP contribution in [0.4, 0.5) is 0 Å². The molecule has 1 aliphatic heterocycles. The number of carbonyl (C=O) groups is 2. The molecule has 1 amide bonds. The number of hydrogen-bond donors (Lipinski definition) is 1. The zero-order chi connectivity index (χ0) is 23.5. The summed E-state index contributed by atoms with van der Waals surface area (Å²) in [7, 11) is 1.59.